The molecule has 2 rings (SSSR count). The van der Waals surface area contributed by atoms with Gasteiger partial charge in [-0.1, -0.05) is 19.8 Å². The maximum absolute atomic E-state index is 12.8. The van der Waals surface area contributed by atoms with Crippen molar-refractivity contribution in [3.8, 4) is 0 Å². The van der Waals surface area contributed by atoms with Gasteiger partial charge < -0.3 is 10.6 Å². The highest BCUT2D eigenvalue weighted by Crippen LogP contribution is 2.33. The number of hydrogen-bond acceptors (Lipinski definition) is 4. The number of nitrogens with one attached hydrogen (secondary N) is 1. The summed E-state index contributed by atoms with van der Waals surface area (Å²) in [5.74, 6) is 0.230. The van der Waals surface area contributed by atoms with Crippen LogP contribution in [0.15, 0.2) is 0 Å². The van der Waals surface area contributed by atoms with Crippen LogP contribution in [-0.4, -0.2) is 49.6 Å². The lowest BCUT2D eigenvalue weighted by Crippen LogP contribution is -2.56. The van der Waals surface area contributed by atoms with Gasteiger partial charge >= 0.3 is 0 Å². The van der Waals surface area contributed by atoms with Crippen molar-refractivity contribution in [3.63, 3.8) is 0 Å². The number of carbonyl (C=O) groups excluding carboxylic acids is 1. The molecule has 1 amide bonds. The third-order valence-electron chi connectivity index (χ3n) is 5.18. The van der Waals surface area contributed by atoms with Gasteiger partial charge in [-0.15, -0.1) is 12.4 Å². The van der Waals surface area contributed by atoms with E-state index in [1.165, 1.54) is 0 Å². The topological polar surface area (TPSA) is 92.5 Å². The Bertz CT molecular complexity index is 517. The normalized spacial score (nSPS) is 29.1. The number of nitrogens with two attached hydrogens (primary N) is 1. The molecule has 2 atom stereocenters. The third-order valence-corrected chi connectivity index (χ3v) is 6.82. The van der Waals surface area contributed by atoms with E-state index in [1.54, 1.807) is 0 Å². The number of sulfonamides is 1. The summed E-state index contributed by atoms with van der Waals surface area (Å²) in [5, 5.41) is 0. The lowest BCUT2D eigenvalue weighted by atomic mass is 9.74. The fourth-order valence-corrected chi connectivity index (χ4v) is 5.18. The molecule has 2 fully saturated rings. The lowest BCUT2D eigenvalue weighted by Gasteiger charge is -2.41. The zero-order valence-corrected chi connectivity index (χ0v) is 16.4. The minimum Gasteiger partial charge on any atom is -0.342 e. The summed E-state index contributed by atoms with van der Waals surface area (Å²) in [6.45, 7) is 5.07. The number of carbonyl (C=O) groups is 1. The maximum Gasteiger partial charge on any atom is 0.227 e. The average molecular weight is 382 g/mol. The van der Waals surface area contributed by atoms with E-state index in [9.17, 15) is 13.2 Å². The maximum atomic E-state index is 12.8. The Labute approximate surface area is 152 Å². The van der Waals surface area contributed by atoms with Crippen LogP contribution in [0.4, 0.5) is 0 Å². The molecule has 0 aromatic rings. The van der Waals surface area contributed by atoms with Gasteiger partial charge in [-0.05, 0) is 39.0 Å². The van der Waals surface area contributed by atoms with Gasteiger partial charge in [0.05, 0.1) is 11.7 Å². The van der Waals surface area contributed by atoms with Crippen molar-refractivity contribution in [2.75, 3.05) is 18.8 Å². The third kappa shape index (κ3) is 5.58. The first-order valence-corrected chi connectivity index (χ1v) is 10.5. The van der Waals surface area contributed by atoms with E-state index in [0.29, 0.717) is 32.4 Å². The van der Waals surface area contributed by atoms with Crippen LogP contribution in [0.1, 0.15) is 58.8 Å². The molecule has 1 aliphatic heterocycles. The summed E-state index contributed by atoms with van der Waals surface area (Å²) in [5.41, 5.74) is 5.93. The fourth-order valence-electron chi connectivity index (χ4n) is 3.78. The molecule has 0 aromatic heterocycles. The van der Waals surface area contributed by atoms with Gasteiger partial charge in [0.15, 0.2) is 0 Å². The van der Waals surface area contributed by atoms with Gasteiger partial charge in [0.25, 0.3) is 0 Å². The Morgan fingerprint density at radius 3 is 2.42 bits per heavy atom. The van der Waals surface area contributed by atoms with Crippen LogP contribution in [0.25, 0.3) is 0 Å². The first kappa shape index (κ1) is 21.7. The quantitative estimate of drug-likeness (QED) is 0.757. The molecular weight excluding hydrogens is 350 g/mol. The molecule has 1 aliphatic carbocycles. The molecule has 2 aliphatic rings. The number of amides is 1. The van der Waals surface area contributed by atoms with E-state index < -0.39 is 15.6 Å². The molecule has 1 heterocycles. The lowest BCUT2D eigenvalue weighted by molar-refractivity contribution is -0.140. The molecule has 0 bridgehead atoms. The Morgan fingerprint density at radius 2 is 1.88 bits per heavy atom. The molecule has 6 nitrogen and oxygen atoms in total. The second-order valence-electron chi connectivity index (χ2n) is 7.34. The van der Waals surface area contributed by atoms with Crippen molar-refractivity contribution in [3.05, 3.63) is 0 Å². The molecule has 8 heteroatoms. The van der Waals surface area contributed by atoms with E-state index in [0.717, 1.165) is 25.7 Å². The van der Waals surface area contributed by atoms with Crippen LogP contribution in [-0.2, 0) is 14.8 Å². The molecule has 0 radical (unpaired) electrons. The summed E-state index contributed by atoms with van der Waals surface area (Å²) >= 11 is 0. The van der Waals surface area contributed by atoms with Crippen molar-refractivity contribution >= 4 is 28.3 Å². The van der Waals surface area contributed by atoms with Crippen molar-refractivity contribution in [2.45, 2.75) is 70.4 Å². The highest BCUT2D eigenvalue weighted by atomic mass is 35.5. The average Bonchev–Trinajstić information content (AvgIpc) is 2.46. The molecule has 24 heavy (non-hydrogen) atoms. The molecule has 1 saturated heterocycles. The number of halogens is 1. The van der Waals surface area contributed by atoms with Crippen molar-refractivity contribution in [1.82, 2.24) is 9.62 Å². The largest absolute Gasteiger partial charge is 0.342 e. The van der Waals surface area contributed by atoms with Gasteiger partial charge in [-0.3, -0.25) is 4.79 Å². The van der Waals surface area contributed by atoms with Gasteiger partial charge in [0, 0.05) is 24.7 Å². The highest BCUT2D eigenvalue weighted by Gasteiger charge is 2.40. The Hall–Kier alpha value is -0.370. The minimum atomic E-state index is -3.18. The molecule has 0 aromatic carbocycles. The van der Waals surface area contributed by atoms with Crippen molar-refractivity contribution in [1.29, 1.82) is 0 Å². The first-order valence-electron chi connectivity index (χ1n) is 8.83. The van der Waals surface area contributed by atoms with Crippen LogP contribution in [0.2, 0.25) is 0 Å². The smallest absolute Gasteiger partial charge is 0.227 e. The Morgan fingerprint density at radius 1 is 1.25 bits per heavy atom. The Kier molecular flexibility index (Phi) is 7.97. The molecule has 2 unspecified atom stereocenters. The summed E-state index contributed by atoms with van der Waals surface area (Å²) < 4.78 is 26.4. The number of piperidine rings is 1. The van der Waals surface area contributed by atoms with E-state index in [4.69, 9.17) is 5.73 Å². The summed E-state index contributed by atoms with van der Waals surface area (Å²) in [6, 6.07) is -0.0498. The van der Waals surface area contributed by atoms with Crippen LogP contribution in [0.5, 0.6) is 0 Å². The fraction of sp³-hybridized carbons (Fsp3) is 0.938. The zero-order valence-electron chi connectivity index (χ0n) is 14.8. The molecular formula is C16H32ClN3O3S. The first-order chi connectivity index (χ1) is 10.7. The summed E-state index contributed by atoms with van der Waals surface area (Å²) in [4.78, 5) is 14.7. The van der Waals surface area contributed by atoms with E-state index in [1.807, 2.05) is 18.7 Å². The molecule has 142 valence electrons. The highest BCUT2D eigenvalue weighted by molar-refractivity contribution is 7.89. The number of rotatable bonds is 5. The van der Waals surface area contributed by atoms with Crippen LogP contribution in [0, 0.1) is 5.92 Å². The predicted molar refractivity (Wildman–Crippen MR) is 98.6 cm³/mol. The van der Waals surface area contributed by atoms with Crippen LogP contribution < -0.4 is 10.5 Å². The number of nitrogens with zero attached hydrogens (tertiary/aromatic N) is 1. The molecule has 1 saturated carbocycles. The monoisotopic (exact) mass is 381 g/mol. The summed E-state index contributed by atoms with van der Waals surface area (Å²) in [7, 11) is -3.18. The Balaban J connectivity index is 0.00000288. The van der Waals surface area contributed by atoms with Crippen molar-refractivity contribution < 1.29 is 13.2 Å². The van der Waals surface area contributed by atoms with Crippen molar-refractivity contribution in [2.24, 2.45) is 11.7 Å². The number of likely N-dealkylation sites (tertiary alicyclic amines) is 1. The van der Waals surface area contributed by atoms with Gasteiger partial charge in [0.1, 0.15) is 0 Å². The molecule has 0 spiro atoms. The van der Waals surface area contributed by atoms with E-state index in [-0.39, 0.29) is 36.0 Å². The summed E-state index contributed by atoms with van der Waals surface area (Å²) in [6.07, 6.45) is 5.91. The van der Waals surface area contributed by atoms with Gasteiger partial charge in [-0.25, -0.2) is 13.1 Å². The minimum absolute atomic E-state index is 0. The van der Waals surface area contributed by atoms with E-state index >= 15 is 0 Å². The molecule has 3 N–H and O–H groups in total. The number of hydrogen-bond donors (Lipinski definition) is 2. The SMILES string of the molecule is CCCS(=O)(=O)NC1CCN(C(=O)C2CCCCC2(C)N)CC1.Cl. The van der Waals surface area contributed by atoms with Gasteiger partial charge in [-0.2, -0.15) is 0 Å². The van der Waals surface area contributed by atoms with Crippen LogP contribution >= 0.6 is 12.4 Å². The second-order valence-corrected chi connectivity index (χ2v) is 9.21. The van der Waals surface area contributed by atoms with E-state index in [2.05, 4.69) is 4.72 Å². The van der Waals surface area contributed by atoms with Crippen LogP contribution in [0.3, 0.4) is 0 Å². The zero-order chi connectivity index (χ0) is 17.1. The second kappa shape index (κ2) is 8.83. The van der Waals surface area contributed by atoms with Gasteiger partial charge in [0.2, 0.25) is 15.9 Å². The standard InChI is InChI=1S/C16H31N3O3S.ClH/c1-3-12-23(21,22)18-13-7-10-19(11-8-13)15(20)14-6-4-5-9-16(14,2)17;/h13-14,18H,3-12,17H2,1-2H3;1H. The predicted octanol–water partition coefficient (Wildman–Crippen LogP) is 1.64.